The second-order valence-corrected chi connectivity index (χ2v) is 8.88. The van der Waals surface area contributed by atoms with Gasteiger partial charge in [-0.15, -0.1) is 5.10 Å². The van der Waals surface area contributed by atoms with Gasteiger partial charge in [0.1, 0.15) is 5.52 Å². The Balaban J connectivity index is 1.52. The van der Waals surface area contributed by atoms with Gasteiger partial charge in [0.25, 0.3) is 0 Å². The van der Waals surface area contributed by atoms with Crippen molar-refractivity contribution in [1.29, 1.82) is 0 Å². The van der Waals surface area contributed by atoms with Crippen LogP contribution in [-0.4, -0.2) is 40.3 Å². The van der Waals surface area contributed by atoms with E-state index in [0.29, 0.717) is 42.7 Å². The van der Waals surface area contributed by atoms with Crippen LogP contribution < -0.4 is 5.32 Å². The monoisotopic (exact) mass is 418 g/mol. The summed E-state index contributed by atoms with van der Waals surface area (Å²) in [7, 11) is 1.65. The number of halogens is 1. The molecule has 0 amide bonds. The predicted octanol–water partition coefficient (Wildman–Crippen LogP) is 3.55. The van der Waals surface area contributed by atoms with Gasteiger partial charge in [0.2, 0.25) is 5.28 Å². The van der Waals surface area contributed by atoms with Crippen molar-refractivity contribution in [3.05, 3.63) is 23.1 Å². The average molecular weight is 419 g/mol. The summed E-state index contributed by atoms with van der Waals surface area (Å²) in [6.45, 7) is 2.72. The molecule has 156 valence electrons. The Morgan fingerprint density at radius 3 is 2.66 bits per heavy atom. The third-order valence-corrected chi connectivity index (χ3v) is 7.50. The zero-order valence-corrected chi connectivity index (χ0v) is 17.6. The smallest absolute Gasteiger partial charge is 0.311 e. The Morgan fingerprint density at radius 1 is 1.21 bits per heavy atom. The lowest BCUT2D eigenvalue weighted by atomic mass is 9.46. The number of esters is 1. The maximum Gasteiger partial charge on any atom is 0.311 e. The molecule has 4 saturated carbocycles. The Bertz CT molecular complexity index is 932. The summed E-state index contributed by atoms with van der Waals surface area (Å²) in [5.74, 6) is 2.73. The first kappa shape index (κ1) is 19.1. The molecule has 2 aromatic rings. The van der Waals surface area contributed by atoms with Crippen molar-refractivity contribution in [2.24, 2.45) is 29.6 Å². The number of nitrogens with one attached hydrogen (secondary N) is 1. The van der Waals surface area contributed by atoms with E-state index < -0.39 is 0 Å². The molecule has 6 rings (SSSR count). The van der Waals surface area contributed by atoms with Gasteiger partial charge in [0.15, 0.2) is 5.82 Å². The molecular weight excluding hydrogens is 392 g/mol. The third kappa shape index (κ3) is 3.01. The van der Waals surface area contributed by atoms with Crippen molar-refractivity contribution in [3.63, 3.8) is 0 Å². The molecule has 2 unspecified atom stereocenters. The van der Waals surface area contributed by atoms with Gasteiger partial charge in [-0.1, -0.05) is 0 Å². The van der Waals surface area contributed by atoms with Crippen molar-refractivity contribution < 1.29 is 14.3 Å². The number of nitrogens with zero attached hydrogens (tertiary/aromatic N) is 3. The normalized spacial score (nSPS) is 32.7. The molecule has 0 saturated heterocycles. The molecule has 1 N–H and O–H groups in total. The maximum absolute atomic E-state index is 12.9. The van der Waals surface area contributed by atoms with E-state index in [1.165, 1.54) is 12.8 Å². The van der Waals surface area contributed by atoms with Gasteiger partial charge < -0.3 is 14.8 Å². The highest BCUT2D eigenvalue weighted by Gasteiger charge is 2.59. The molecule has 0 spiro atoms. The van der Waals surface area contributed by atoms with E-state index >= 15 is 0 Å². The minimum absolute atomic E-state index is 0.0184. The summed E-state index contributed by atoms with van der Waals surface area (Å²) in [4.78, 5) is 17.4. The summed E-state index contributed by atoms with van der Waals surface area (Å²) in [6.07, 6.45) is 4.79. The molecule has 4 aliphatic rings. The van der Waals surface area contributed by atoms with Crippen molar-refractivity contribution >= 4 is 28.9 Å². The average Bonchev–Trinajstić information content (AvgIpc) is 3.05. The van der Waals surface area contributed by atoms with Gasteiger partial charge in [-0.2, -0.15) is 4.98 Å². The topological polar surface area (TPSA) is 77.8 Å². The Hall–Kier alpha value is -1.86. The number of fused-ring (bicyclic) bond motifs is 3. The number of rotatable bonds is 6. The van der Waals surface area contributed by atoms with Crippen molar-refractivity contribution in [2.45, 2.75) is 45.3 Å². The van der Waals surface area contributed by atoms with E-state index in [1.54, 1.807) is 11.6 Å². The minimum atomic E-state index is -0.127. The SMILES string of the molecule is CCOC(=O)[C@@H]1[C@@H](Nc2nc(Cl)nn3c(COC)ccc23)[C@@H]2CC[C@H]1C1CCC12. The fraction of sp³-hybridized carbons (Fsp3) is 0.667. The Morgan fingerprint density at radius 2 is 1.93 bits per heavy atom. The summed E-state index contributed by atoms with van der Waals surface area (Å²) in [5, 5.41) is 8.13. The first-order valence-electron chi connectivity index (χ1n) is 10.6. The molecule has 0 radical (unpaired) electrons. The maximum atomic E-state index is 12.9. The Labute approximate surface area is 175 Å². The number of hydrogen-bond acceptors (Lipinski definition) is 6. The van der Waals surface area contributed by atoms with Gasteiger partial charge in [-0.25, -0.2) is 4.52 Å². The minimum Gasteiger partial charge on any atom is -0.466 e. The van der Waals surface area contributed by atoms with E-state index in [1.807, 2.05) is 19.1 Å². The molecule has 2 bridgehead atoms. The molecule has 6 atom stereocenters. The van der Waals surface area contributed by atoms with Gasteiger partial charge in [0, 0.05) is 13.2 Å². The zero-order chi connectivity index (χ0) is 20.1. The first-order chi connectivity index (χ1) is 14.1. The number of carbonyl (C=O) groups is 1. The zero-order valence-electron chi connectivity index (χ0n) is 16.8. The molecule has 7 nitrogen and oxygen atoms in total. The van der Waals surface area contributed by atoms with Gasteiger partial charge >= 0.3 is 5.97 Å². The molecule has 4 fully saturated rings. The quantitative estimate of drug-likeness (QED) is 0.723. The second-order valence-electron chi connectivity index (χ2n) is 8.54. The van der Waals surface area contributed by atoms with Crippen LogP contribution in [0.3, 0.4) is 0 Å². The number of aromatic nitrogens is 3. The van der Waals surface area contributed by atoms with Gasteiger partial charge in [-0.05, 0) is 80.0 Å². The molecule has 2 heterocycles. The fourth-order valence-corrected chi connectivity index (χ4v) is 6.31. The predicted molar refractivity (Wildman–Crippen MR) is 109 cm³/mol. The number of hydrogen-bond donors (Lipinski definition) is 1. The fourth-order valence-electron chi connectivity index (χ4n) is 6.15. The highest BCUT2D eigenvalue weighted by Crippen LogP contribution is 2.60. The summed E-state index contributed by atoms with van der Waals surface area (Å²) in [6, 6.07) is 3.96. The lowest BCUT2D eigenvalue weighted by molar-refractivity contribution is -0.166. The van der Waals surface area contributed by atoms with Crippen LogP contribution in [0.25, 0.3) is 5.52 Å². The van der Waals surface area contributed by atoms with Gasteiger partial charge in [-0.3, -0.25) is 4.79 Å². The van der Waals surface area contributed by atoms with Crippen LogP contribution >= 0.6 is 11.6 Å². The van der Waals surface area contributed by atoms with Crippen LogP contribution in [0.4, 0.5) is 5.82 Å². The lowest BCUT2D eigenvalue weighted by Gasteiger charge is -2.61. The van der Waals surface area contributed by atoms with Crippen LogP contribution in [0.1, 0.15) is 38.3 Å². The lowest BCUT2D eigenvalue weighted by Crippen LogP contribution is -2.62. The third-order valence-electron chi connectivity index (χ3n) is 7.34. The number of anilines is 1. The van der Waals surface area contributed by atoms with Crippen LogP contribution in [-0.2, 0) is 20.9 Å². The number of methoxy groups -OCH3 is 1. The van der Waals surface area contributed by atoms with Crippen molar-refractivity contribution in [3.8, 4) is 0 Å². The van der Waals surface area contributed by atoms with E-state index in [4.69, 9.17) is 21.1 Å². The van der Waals surface area contributed by atoms with E-state index in [2.05, 4.69) is 15.4 Å². The summed E-state index contributed by atoms with van der Waals surface area (Å²) in [5.41, 5.74) is 1.75. The molecular formula is C21H27ClN4O3. The number of ether oxygens (including phenoxy) is 2. The van der Waals surface area contributed by atoms with Crippen LogP contribution in [0.15, 0.2) is 12.1 Å². The van der Waals surface area contributed by atoms with Gasteiger partial charge in [0.05, 0.1) is 24.8 Å². The van der Waals surface area contributed by atoms with Crippen LogP contribution in [0.2, 0.25) is 5.28 Å². The standard InChI is InChI=1S/C21H27ClN4O3/c1-3-29-20(27)17-14-7-8-15(13-6-5-12(13)14)18(17)23-19-16-9-4-11(10-28-2)26(16)25-21(22)24-19/h4,9,12-15,17-18H,3,5-8,10H2,1-2H3,(H,23,24,25)/t12?,13?,14-,15+,17-,18-/m0/s1. The van der Waals surface area contributed by atoms with Crippen LogP contribution in [0, 0.1) is 29.6 Å². The molecule has 29 heavy (non-hydrogen) atoms. The summed E-state index contributed by atoms with van der Waals surface area (Å²) < 4.78 is 12.5. The first-order valence-corrected chi connectivity index (χ1v) is 11.0. The van der Waals surface area contributed by atoms with Crippen molar-refractivity contribution in [1.82, 2.24) is 14.6 Å². The van der Waals surface area contributed by atoms with Crippen molar-refractivity contribution in [2.75, 3.05) is 19.0 Å². The Kier molecular flexibility index (Phi) is 4.90. The highest BCUT2D eigenvalue weighted by molar-refractivity contribution is 6.28. The molecule has 0 aliphatic heterocycles. The largest absolute Gasteiger partial charge is 0.466 e. The summed E-state index contributed by atoms with van der Waals surface area (Å²) >= 11 is 6.25. The molecule has 2 aromatic heterocycles. The molecule has 4 aliphatic carbocycles. The second kappa shape index (κ2) is 7.43. The number of carbonyl (C=O) groups excluding carboxylic acids is 1. The molecule has 8 heteroatoms. The van der Waals surface area contributed by atoms with E-state index in [-0.39, 0.29) is 23.2 Å². The van der Waals surface area contributed by atoms with Crippen LogP contribution in [0.5, 0.6) is 0 Å². The van der Waals surface area contributed by atoms with E-state index in [9.17, 15) is 4.79 Å². The highest BCUT2D eigenvalue weighted by atomic mass is 35.5. The molecule has 0 aromatic carbocycles. The van der Waals surface area contributed by atoms with E-state index in [0.717, 1.165) is 24.1 Å².